The minimum Gasteiger partial charge on any atom is -0.349 e. The van der Waals surface area contributed by atoms with Crippen molar-refractivity contribution in [1.82, 2.24) is 20.5 Å². The molecule has 5 heteroatoms. The summed E-state index contributed by atoms with van der Waals surface area (Å²) in [5.74, 6) is 2.07. The summed E-state index contributed by atoms with van der Waals surface area (Å²) in [5.41, 5.74) is 0. The van der Waals surface area contributed by atoms with Crippen molar-refractivity contribution >= 4 is 5.91 Å². The monoisotopic (exact) mass is 208 g/mol. The highest BCUT2D eigenvalue weighted by Gasteiger charge is 2.28. The third-order valence-electron chi connectivity index (χ3n) is 2.81. The van der Waals surface area contributed by atoms with Crippen LogP contribution in [0.15, 0.2) is 0 Å². The normalized spacial score (nSPS) is 17.5. The maximum atomic E-state index is 11.5. The van der Waals surface area contributed by atoms with Crippen molar-refractivity contribution in [2.45, 2.75) is 26.7 Å². The highest BCUT2D eigenvalue weighted by Crippen LogP contribution is 2.36. The van der Waals surface area contributed by atoms with Gasteiger partial charge in [-0.05, 0) is 31.6 Å². The third kappa shape index (κ3) is 2.55. The van der Waals surface area contributed by atoms with Crippen molar-refractivity contribution in [3.05, 3.63) is 11.6 Å². The van der Waals surface area contributed by atoms with Gasteiger partial charge in [-0.2, -0.15) is 0 Å². The van der Waals surface area contributed by atoms with Crippen LogP contribution in [-0.2, 0) is 0 Å². The van der Waals surface area contributed by atoms with Gasteiger partial charge in [-0.25, -0.2) is 4.98 Å². The van der Waals surface area contributed by atoms with Crippen LogP contribution in [0.25, 0.3) is 0 Å². The van der Waals surface area contributed by atoms with Gasteiger partial charge >= 0.3 is 0 Å². The lowest BCUT2D eigenvalue weighted by atomic mass is 10.1. The molecule has 1 saturated carbocycles. The minimum absolute atomic E-state index is 0.188. The Hall–Kier alpha value is -1.39. The van der Waals surface area contributed by atoms with Gasteiger partial charge in [-0.3, -0.25) is 9.89 Å². The second-order valence-electron chi connectivity index (χ2n) is 4.27. The molecule has 82 valence electrons. The van der Waals surface area contributed by atoms with Gasteiger partial charge in [-0.15, -0.1) is 5.10 Å². The van der Waals surface area contributed by atoms with Crippen LogP contribution in [-0.4, -0.2) is 27.6 Å². The van der Waals surface area contributed by atoms with Gasteiger partial charge < -0.3 is 5.32 Å². The molecule has 2 N–H and O–H groups in total. The summed E-state index contributed by atoms with van der Waals surface area (Å²) >= 11 is 0. The summed E-state index contributed by atoms with van der Waals surface area (Å²) in [7, 11) is 0. The fourth-order valence-corrected chi connectivity index (χ4v) is 1.61. The van der Waals surface area contributed by atoms with E-state index in [1.807, 2.05) is 0 Å². The molecule has 0 spiro atoms. The van der Waals surface area contributed by atoms with Crippen molar-refractivity contribution in [1.29, 1.82) is 0 Å². The van der Waals surface area contributed by atoms with E-state index in [-0.39, 0.29) is 11.7 Å². The Morgan fingerprint density at radius 1 is 1.67 bits per heavy atom. The Morgan fingerprint density at radius 3 is 2.93 bits per heavy atom. The Bertz CT molecular complexity index is 356. The molecular formula is C10H16N4O. The fraction of sp³-hybridized carbons (Fsp3) is 0.700. The number of aromatic amines is 1. The number of hydrogen-bond acceptors (Lipinski definition) is 3. The summed E-state index contributed by atoms with van der Waals surface area (Å²) in [5, 5.41) is 9.31. The van der Waals surface area contributed by atoms with E-state index < -0.39 is 0 Å². The van der Waals surface area contributed by atoms with E-state index >= 15 is 0 Å². The van der Waals surface area contributed by atoms with Gasteiger partial charge in [-0.1, -0.05) is 6.92 Å². The molecule has 1 fully saturated rings. The standard InChI is InChI=1S/C10H16N4O/c1-6(8-3-4-8)5-11-10(15)9-12-7(2)13-14-9/h6,8H,3-5H2,1-2H3,(H,11,15)(H,12,13,14). The molecular weight excluding hydrogens is 192 g/mol. The third-order valence-corrected chi connectivity index (χ3v) is 2.81. The molecule has 15 heavy (non-hydrogen) atoms. The quantitative estimate of drug-likeness (QED) is 0.772. The van der Waals surface area contributed by atoms with Crippen LogP contribution in [0, 0.1) is 18.8 Å². The number of carbonyl (C=O) groups is 1. The predicted molar refractivity (Wildman–Crippen MR) is 55.3 cm³/mol. The number of carbonyl (C=O) groups excluding carboxylic acids is 1. The molecule has 1 unspecified atom stereocenters. The summed E-state index contributed by atoms with van der Waals surface area (Å²) in [6.07, 6.45) is 2.60. The average molecular weight is 208 g/mol. The van der Waals surface area contributed by atoms with E-state index in [0.29, 0.717) is 11.7 Å². The molecule has 1 aromatic heterocycles. The second-order valence-corrected chi connectivity index (χ2v) is 4.27. The number of H-pyrrole nitrogens is 1. The average Bonchev–Trinajstić information content (AvgIpc) is 2.97. The van der Waals surface area contributed by atoms with Crippen molar-refractivity contribution in [3.63, 3.8) is 0 Å². The Balaban J connectivity index is 1.81. The number of hydrogen-bond donors (Lipinski definition) is 2. The first-order valence-corrected chi connectivity index (χ1v) is 5.34. The van der Waals surface area contributed by atoms with Crippen molar-refractivity contribution in [2.75, 3.05) is 6.54 Å². The fourth-order valence-electron chi connectivity index (χ4n) is 1.61. The molecule has 0 saturated heterocycles. The summed E-state index contributed by atoms with van der Waals surface area (Å²) in [6, 6.07) is 0. The molecule has 2 rings (SSSR count). The lowest BCUT2D eigenvalue weighted by molar-refractivity contribution is 0.0936. The highest BCUT2D eigenvalue weighted by molar-refractivity contribution is 5.90. The van der Waals surface area contributed by atoms with Gasteiger partial charge in [0.2, 0.25) is 5.82 Å². The van der Waals surface area contributed by atoms with Gasteiger partial charge in [0.15, 0.2) is 0 Å². The minimum atomic E-state index is -0.188. The predicted octanol–water partition coefficient (Wildman–Crippen LogP) is 0.889. The topological polar surface area (TPSA) is 70.7 Å². The first kappa shape index (κ1) is 10.1. The zero-order chi connectivity index (χ0) is 10.8. The van der Waals surface area contributed by atoms with Crippen LogP contribution >= 0.6 is 0 Å². The first-order chi connectivity index (χ1) is 7.16. The lowest BCUT2D eigenvalue weighted by Gasteiger charge is -2.09. The molecule has 5 nitrogen and oxygen atoms in total. The van der Waals surface area contributed by atoms with Gasteiger partial charge in [0, 0.05) is 6.54 Å². The molecule has 1 aliphatic carbocycles. The van der Waals surface area contributed by atoms with Crippen LogP contribution in [0.5, 0.6) is 0 Å². The zero-order valence-electron chi connectivity index (χ0n) is 9.08. The number of nitrogens with one attached hydrogen (secondary N) is 2. The van der Waals surface area contributed by atoms with E-state index in [1.54, 1.807) is 6.92 Å². The van der Waals surface area contributed by atoms with E-state index in [0.717, 1.165) is 12.5 Å². The summed E-state index contributed by atoms with van der Waals surface area (Å²) in [4.78, 5) is 15.5. The number of amides is 1. The number of nitrogens with zero attached hydrogens (tertiary/aromatic N) is 2. The number of aromatic nitrogens is 3. The molecule has 0 aliphatic heterocycles. The van der Waals surface area contributed by atoms with E-state index in [2.05, 4.69) is 27.4 Å². The first-order valence-electron chi connectivity index (χ1n) is 5.34. The van der Waals surface area contributed by atoms with Crippen LogP contribution < -0.4 is 5.32 Å². The number of rotatable bonds is 4. The van der Waals surface area contributed by atoms with Gasteiger partial charge in [0.05, 0.1) is 0 Å². The highest BCUT2D eigenvalue weighted by atomic mass is 16.2. The Morgan fingerprint density at radius 2 is 2.40 bits per heavy atom. The lowest BCUT2D eigenvalue weighted by Crippen LogP contribution is -2.29. The maximum absolute atomic E-state index is 11.5. The molecule has 0 bridgehead atoms. The Labute approximate surface area is 88.7 Å². The molecule has 1 atom stereocenters. The van der Waals surface area contributed by atoms with Crippen LogP contribution in [0.3, 0.4) is 0 Å². The van der Waals surface area contributed by atoms with Crippen LogP contribution in [0.2, 0.25) is 0 Å². The summed E-state index contributed by atoms with van der Waals surface area (Å²) < 4.78 is 0. The molecule has 0 aromatic carbocycles. The second kappa shape index (κ2) is 4.00. The van der Waals surface area contributed by atoms with Crippen molar-refractivity contribution < 1.29 is 4.79 Å². The van der Waals surface area contributed by atoms with Crippen LogP contribution in [0.1, 0.15) is 36.2 Å². The zero-order valence-corrected chi connectivity index (χ0v) is 9.08. The van der Waals surface area contributed by atoms with Gasteiger partial charge in [0.25, 0.3) is 5.91 Å². The smallest absolute Gasteiger partial charge is 0.290 e. The molecule has 0 radical (unpaired) electrons. The maximum Gasteiger partial charge on any atom is 0.290 e. The number of aryl methyl sites for hydroxylation is 1. The molecule has 1 amide bonds. The molecule has 1 aromatic rings. The van der Waals surface area contributed by atoms with Crippen molar-refractivity contribution in [2.24, 2.45) is 11.8 Å². The Kier molecular flexibility index (Phi) is 2.70. The van der Waals surface area contributed by atoms with E-state index in [9.17, 15) is 4.79 Å². The SMILES string of the molecule is Cc1nc(C(=O)NCC(C)C2CC2)n[nH]1. The van der Waals surface area contributed by atoms with E-state index in [1.165, 1.54) is 12.8 Å². The van der Waals surface area contributed by atoms with E-state index in [4.69, 9.17) is 0 Å². The largest absolute Gasteiger partial charge is 0.349 e. The van der Waals surface area contributed by atoms with Crippen molar-refractivity contribution in [3.8, 4) is 0 Å². The van der Waals surface area contributed by atoms with Gasteiger partial charge in [0.1, 0.15) is 5.82 Å². The summed E-state index contributed by atoms with van der Waals surface area (Å²) in [6.45, 7) is 4.66. The molecule has 1 aliphatic rings. The van der Waals surface area contributed by atoms with Crippen LogP contribution in [0.4, 0.5) is 0 Å². The molecule has 1 heterocycles.